The summed E-state index contributed by atoms with van der Waals surface area (Å²) in [6, 6.07) is 17.5. The van der Waals surface area contributed by atoms with Crippen molar-refractivity contribution in [1.82, 2.24) is 5.32 Å². The van der Waals surface area contributed by atoms with Gasteiger partial charge < -0.3 is 15.4 Å². The zero-order chi connectivity index (χ0) is 19.8. The van der Waals surface area contributed by atoms with Gasteiger partial charge in [-0.3, -0.25) is 4.79 Å². The Morgan fingerprint density at radius 1 is 1.14 bits per heavy atom. The van der Waals surface area contributed by atoms with Crippen LogP contribution in [0.2, 0.25) is 0 Å². The zero-order valence-electron chi connectivity index (χ0n) is 17.1. The molecule has 2 aromatic rings. The molecule has 2 aromatic carbocycles. The molecule has 2 N–H and O–H groups in total. The first kappa shape index (κ1) is 18.7. The third-order valence-electron chi connectivity index (χ3n) is 7.32. The predicted molar refractivity (Wildman–Crippen MR) is 115 cm³/mol. The van der Waals surface area contributed by atoms with Gasteiger partial charge in [-0.1, -0.05) is 30.3 Å². The maximum absolute atomic E-state index is 12.7. The topological polar surface area (TPSA) is 50.4 Å². The minimum atomic E-state index is 0.0220. The van der Waals surface area contributed by atoms with Gasteiger partial charge in [-0.05, 0) is 78.7 Å². The number of fused-ring (bicyclic) bond motifs is 7. The van der Waals surface area contributed by atoms with Crippen molar-refractivity contribution >= 4 is 11.6 Å². The van der Waals surface area contributed by atoms with Crippen LogP contribution in [0.1, 0.15) is 59.1 Å². The van der Waals surface area contributed by atoms with Gasteiger partial charge in [0.15, 0.2) is 0 Å². The molecule has 2 bridgehead atoms. The molecule has 0 aromatic heterocycles. The molecule has 0 saturated heterocycles. The summed E-state index contributed by atoms with van der Waals surface area (Å²) in [4.78, 5) is 12.7. The number of rotatable bonds is 6. The SMILES string of the molecule is COCCCNC(=O)c1ccc2c(c1)[C@@H]1[C@H]3CC[C@H](C3)[C@@H]1[C@H](c1ccccc1)N2. The number of ether oxygens (including phenoxy) is 1. The molecule has 4 heteroatoms. The summed E-state index contributed by atoms with van der Waals surface area (Å²) in [6.07, 6.45) is 4.86. The smallest absolute Gasteiger partial charge is 0.251 e. The van der Waals surface area contributed by atoms with Gasteiger partial charge in [0, 0.05) is 31.5 Å². The molecule has 1 aliphatic heterocycles. The molecular weight excluding hydrogens is 360 g/mol. The van der Waals surface area contributed by atoms with Crippen molar-refractivity contribution in [3.8, 4) is 0 Å². The van der Waals surface area contributed by atoms with E-state index in [-0.39, 0.29) is 5.91 Å². The van der Waals surface area contributed by atoms with Gasteiger partial charge in [0.2, 0.25) is 0 Å². The minimum absolute atomic E-state index is 0.0220. The van der Waals surface area contributed by atoms with E-state index in [0.29, 0.717) is 31.0 Å². The summed E-state index contributed by atoms with van der Waals surface area (Å²) in [5.74, 6) is 2.77. The van der Waals surface area contributed by atoms with Gasteiger partial charge in [0.25, 0.3) is 5.91 Å². The van der Waals surface area contributed by atoms with Gasteiger partial charge in [0.1, 0.15) is 0 Å². The van der Waals surface area contributed by atoms with Crippen molar-refractivity contribution in [1.29, 1.82) is 0 Å². The van der Waals surface area contributed by atoms with E-state index in [2.05, 4.69) is 53.1 Å². The van der Waals surface area contributed by atoms with Crippen LogP contribution in [0, 0.1) is 17.8 Å². The number of amides is 1. The summed E-state index contributed by atoms with van der Waals surface area (Å²) in [7, 11) is 1.69. The van der Waals surface area contributed by atoms with Crippen molar-refractivity contribution < 1.29 is 9.53 Å². The Labute approximate surface area is 173 Å². The summed E-state index contributed by atoms with van der Waals surface area (Å²) in [6.45, 7) is 1.32. The fourth-order valence-electron chi connectivity index (χ4n) is 6.14. The Hall–Kier alpha value is -2.33. The van der Waals surface area contributed by atoms with E-state index in [1.165, 1.54) is 36.1 Å². The highest BCUT2D eigenvalue weighted by Gasteiger charge is 2.53. The van der Waals surface area contributed by atoms with Crippen LogP contribution < -0.4 is 10.6 Å². The number of benzene rings is 2. The van der Waals surface area contributed by atoms with Gasteiger partial charge in [-0.2, -0.15) is 0 Å². The Bertz CT molecular complexity index is 882. The summed E-state index contributed by atoms with van der Waals surface area (Å²) in [5, 5.41) is 6.88. The highest BCUT2D eigenvalue weighted by atomic mass is 16.5. The van der Waals surface area contributed by atoms with E-state index in [1.807, 2.05) is 6.07 Å². The highest BCUT2D eigenvalue weighted by Crippen LogP contribution is 2.63. The first-order valence-corrected chi connectivity index (χ1v) is 11.0. The molecule has 3 aliphatic rings. The maximum atomic E-state index is 12.7. The Morgan fingerprint density at radius 2 is 1.97 bits per heavy atom. The van der Waals surface area contributed by atoms with Crippen LogP contribution in [0.3, 0.4) is 0 Å². The molecule has 0 unspecified atom stereocenters. The highest BCUT2D eigenvalue weighted by molar-refractivity contribution is 5.95. The van der Waals surface area contributed by atoms with Gasteiger partial charge >= 0.3 is 0 Å². The summed E-state index contributed by atoms with van der Waals surface area (Å²) < 4.78 is 5.07. The molecule has 0 spiro atoms. The first-order chi connectivity index (χ1) is 14.3. The van der Waals surface area contributed by atoms with Crippen LogP contribution in [0.15, 0.2) is 48.5 Å². The summed E-state index contributed by atoms with van der Waals surface area (Å²) in [5.41, 5.74) is 4.74. The third kappa shape index (κ3) is 3.33. The van der Waals surface area contributed by atoms with Gasteiger partial charge in [0.05, 0.1) is 6.04 Å². The van der Waals surface area contributed by atoms with E-state index in [1.54, 1.807) is 7.11 Å². The third-order valence-corrected chi connectivity index (χ3v) is 7.32. The standard InChI is InChI=1S/C25H30N2O2/c1-29-13-5-12-26-25(28)19-10-11-21-20(15-19)22-17-8-9-18(14-17)23(22)24(27-21)16-6-3-2-4-7-16/h2-4,6-7,10-11,15,17-18,22-24,27H,5,8-9,12-14H2,1H3,(H,26,28)/t17-,18+,22-,23-,24-/m0/s1. The minimum Gasteiger partial charge on any atom is -0.385 e. The second-order valence-electron chi connectivity index (χ2n) is 8.87. The molecule has 1 heterocycles. The van der Waals surface area contributed by atoms with Crippen molar-refractivity contribution in [2.24, 2.45) is 17.8 Å². The van der Waals surface area contributed by atoms with Gasteiger partial charge in [-0.25, -0.2) is 0 Å². The molecule has 152 valence electrons. The van der Waals surface area contributed by atoms with E-state index in [9.17, 15) is 4.79 Å². The lowest BCUT2D eigenvalue weighted by Crippen LogP contribution is -2.35. The predicted octanol–water partition coefficient (Wildman–Crippen LogP) is 4.75. The number of nitrogens with one attached hydrogen (secondary N) is 2. The van der Waals surface area contributed by atoms with Crippen LogP contribution >= 0.6 is 0 Å². The number of hydrogen-bond donors (Lipinski definition) is 2. The molecule has 0 radical (unpaired) electrons. The zero-order valence-corrected chi connectivity index (χ0v) is 17.1. The lowest BCUT2D eigenvalue weighted by atomic mass is 9.68. The number of carbonyl (C=O) groups excluding carboxylic acids is 1. The largest absolute Gasteiger partial charge is 0.385 e. The maximum Gasteiger partial charge on any atom is 0.251 e. The number of carbonyl (C=O) groups is 1. The Morgan fingerprint density at radius 3 is 2.79 bits per heavy atom. The number of anilines is 1. The second kappa shape index (κ2) is 7.83. The quantitative estimate of drug-likeness (QED) is 0.700. The molecule has 2 saturated carbocycles. The number of hydrogen-bond acceptors (Lipinski definition) is 3. The lowest BCUT2D eigenvalue weighted by molar-refractivity contribution is 0.0948. The summed E-state index contributed by atoms with van der Waals surface area (Å²) >= 11 is 0. The molecule has 5 atom stereocenters. The Kier molecular flexibility index (Phi) is 5.04. The molecule has 29 heavy (non-hydrogen) atoms. The van der Waals surface area contributed by atoms with Crippen LogP contribution in [0.5, 0.6) is 0 Å². The van der Waals surface area contributed by atoms with E-state index >= 15 is 0 Å². The normalized spacial score (nSPS) is 29.1. The Balaban J connectivity index is 1.44. The molecule has 2 fully saturated rings. The average molecular weight is 391 g/mol. The van der Waals surface area contributed by atoms with Crippen molar-refractivity contribution in [3.63, 3.8) is 0 Å². The fraction of sp³-hybridized carbons (Fsp3) is 0.480. The van der Waals surface area contributed by atoms with Crippen molar-refractivity contribution in [3.05, 3.63) is 65.2 Å². The van der Waals surface area contributed by atoms with Crippen LogP contribution in [0.4, 0.5) is 5.69 Å². The van der Waals surface area contributed by atoms with E-state index in [4.69, 9.17) is 4.74 Å². The average Bonchev–Trinajstić information content (AvgIpc) is 3.39. The monoisotopic (exact) mass is 390 g/mol. The van der Waals surface area contributed by atoms with Crippen LogP contribution in [-0.2, 0) is 4.74 Å². The molecule has 5 rings (SSSR count). The number of methoxy groups -OCH3 is 1. The van der Waals surface area contributed by atoms with E-state index in [0.717, 1.165) is 23.8 Å². The first-order valence-electron chi connectivity index (χ1n) is 11.0. The molecule has 4 nitrogen and oxygen atoms in total. The molecule has 2 aliphatic carbocycles. The molecule has 1 amide bonds. The second-order valence-corrected chi connectivity index (χ2v) is 8.87. The van der Waals surface area contributed by atoms with E-state index < -0.39 is 0 Å². The lowest BCUT2D eigenvalue weighted by Gasteiger charge is -2.43. The van der Waals surface area contributed by atoms with Crippen LogP contribution in [0.25, 0.3) is 0 Å². The molecular formula is C25H30N2O2. The van der Waals surface area contributed by atoms with Gasteiger partial charge in [-0.15, -0.1) is 0 Å². The fourth-order valence-corrected chi connectivity index (χ4v) is 6.14. The van der Waals surface area contributed by atoms with Crippen molar-refractivity contribution in [2.75, 3.05) is 25.6 Å². The van der Waals surface area contributed by atoms with Crippen LogP contribution in [-0.4, -0.2) is 26.2 Å². The van der Waals surface area contributed by atoms with Crippen molar-refractivity contribution in [2.45, 2.75) is 37.6 Å².